The van der Waals surface area contributed by atoms with E-state index in [-0.39, 0.29) is 35.1 Å². The van der Waals surface area contributed by atoms with Gasteiger partial charge in [-0.2, -0.15) is 13.2 Å². The summed E-state index contributed by atoms with van der Waals surface area (Å²) in [6.45, 7) is 6.28. The highest BCUT2D eigenvalue weighted by molar-refractivity contribution is 6.25. The number of nitrogens with zero attached hydrogens (tertiary/aromatic N) is 2. The van der Waals surface area contributed by atoms with Crippen LogP contribution < -0.4 is 4.90 Å². The van der Waals surface area contributed by atoms with E-state index in [2.05, 4.69) is 20.8 Å². The number of halogens is 3. The highest BCUT2D eigenvalue weighted by Crippen LogP contribution is 2.54. The fraction of sp³-hybridized carbons (Fsp3) is 0.606. The number of likely N-dealkylation sites (N-methyl/N-ethyl adjacent to an activating group) is 1. The van der Waals surface area contributed by atoms with Crippen LogP contribution >= 0.6 is 0 Å². The van der Waals surface area contributed by atoms with Crippen molar-refractivity contribution in [3.8, 4) is 5.75 Å². The third-order valence-electron chi connectivity index (χ3n) is 9.42. The number of aliphatic hydroxyl groups is 4. The van der Waals surface area contributed by atoms with Gasteiger partial charge in [-0.15, -0.1) is 0 Å². The minimum Gasteiger partial charge on any atom is -0.508 e. The Morgan fingerprint density at radius 1 is 1.09 bits per heavy atom. The number of ketones is 3. The fourth-order valence-corrected chi connectivity index (χ4v) is 7.17. The summed E-state index contributed by atoms with van der Waals surface area (Å²) >= 11 is 0. The van der Waals surface area contributed by atoms with Gasteiger partial charge in [-0.25, -0.2) is 0 Å². The van der Waals surface area contributed by atoms with Crippen molar-refractivity contribution in [1.29, 1.82) is 0 Å². The van der Waals surface area contributed by atoms with Gasteiger partial charge in [0.1, 0.15) is 22.8 Å². The number of phenolic OH excluding ortho intramolecular Hbond substituents is 1. The zero-order valence-corrected chi connectivity index (χ0v) is 27.1. The molecule has 0 aromatic heterocycles. The van der Waals surface area contributed by atoms with Gasteiger partial charge >= 0.3 is 6.18 Å². The molecule has 1 aromatic rings. The quantitative estimate of drug-likeness (QED) is 0.262. The third kappa shape index (κ3) is 5.93. The minimum absolute atomic E-state index is 0.00252. The van der Waals surface area contributed by atoms with Crippen molar-refractivity contribution < 1.29 is 53.1 Å². The van der Waals surface area contributed by atoms with E-state index < -0.39 is 76.6 Å². The smallest absolute Gasteiger partial charge is 0.414 e. The van der Waals surface area contributed by atoms with Crippen molar-refractivity contribution in [2.45, 2.75) is 83.2 Å². The molecule has 1 saturated carbocycles. The Morgan fingerprint density at radius 2 is 1.70 bits per heavy atom. The van der Waals surface area contributed by atoms with Gasteiger partial charge in [0.25, 0.3) is 0 Å². The van der Waals surface area contributed by atoms with Crippen molar-refractivity contribution >= 4 is 28.8 Å². The monoisotopic (exact) mass is 652 g/mol. The number of benzene rings is 1. The molecule has 10 nitrogen and oxygen atoms in total. The lowest BCUT2D eigenvalue weighted by Crippen LogP contribution is -2.65. The molecule has 0 heterocycles. The summed E-state index contributed by atoms with van der Waals surface area (Å²) in [4.78, 5) is 43.9. The van der Waals surface area contributed by atoms with Gasteiger partial charge in [0.05, 0.1) is 11.6 Å². The molecule has 3 aliphatic rings. The first-order valence-electron chi connectivity index (χ1n) is 15.2. The first-order valence-corrected chi connectivity index (χ1v) is 15.2. The number of carbonyl (C=O) groups is 3. The van der Waals surface area contributed by atoms with Crippen molar-refractivity contribution in [1.82, 2.24) is 4.90 Å². The largest absolute Gasteiger partial charge is 0.508 e. The topological polar surface area (TPSA) is 159 Å². The number of anilines is 1. The summed E-state index contributed by atoms with van der Waals surface area (Å²) in [5.74, 6) is -8.30. The van der Waals surface area contributed by atoms with Crippen LogP contribution in [0, 0.1) is 17.3 Å². The zero-order valence-electron chi connectivity index (χ0n) is 27.1. The van der Waals surface area contributed by atoms with E-state index >= 15 is 0 Å². The fourth-order valence-electron chi connectivity index (χ4n) is 7.17. The highest BCUT2D eigenvalue weighted by Gasteiger charge is 2.64. The normalized spacial score (nSPS) is 25.8. The van der Waals surface area contributed by atoms with Gasteiger partial charge in [0, 0.05) is 37.7 Å². The first-order chi connectivity index (χ1) is 21.0. The number of fused-ring (bicyclic) bond motifs is 3. The molecule has 0 bridgehead atoms. The maximum atomic E-state index is 14.2. The molecule has 0 saturated heterocycles. The van der Waals surface area contributed by atoms with Crippen LogP contribution in [-0.2, 0) is 27.2 Å². The molecule has 0 spiro atoms. The Kier molecular flexibility index (Phi) is 9.23. The Balaban J connectivity index is 1.89. The van der Waals surface area contributed by atoms with Crippen LogP contribution in [0.3, 0.4) is 0 Å². The van der Waals surface area contributed by atoms with Gasteiger partial charge in [-0.05, 0) is 74.7 Å². The van der Waals surface area contributed by atoms with E-state index in [1.807, 2.05) is 11.0 Å². The van der Waals surface area contributed by atoms with Gasteiger partial charge in [-0.1, -0.05) is 20.8 Å². The summed E-state index contributed by atoms with van der Waals surface area (Å²) < 4.78 is 39.2. The molecule has 13 heteroatoms. The van der Waals surface area contributed by atoms with E-state index in [0.29, 0.717) is 23.2 Å². The van der Waals surface area contributed by atoms with Crippen LogP contribution in [0.1, 0.15) is 63.1 Å². The number of Topliss-reactive ketones (excluding diaryl/α,β-unsaturated/α-hetero) is 3. The van der Waals surface area contributed by atoms with Crippen LogP contribution in [0.5, 0.6) is 5.75 Å². The van der Waals surface area contributed by atoms with Crippen LogP contribution in [0.15, 0.2) is 23.0 Å². The summed E-state index contributed by atoms with van der Waals surface area (Å²) in [7, 11) is 6.44. The number of hydrogen-bond donors (Lipinski definition) is 5. The predicted octanol–water partition coefficient (Wildman–Crippen LogP) is 3.80. The molecule has 46 heavy (non-hydrogen) atoms. The molecule has 1 aromatic carbocycles. The number of phenols is 1. The van der Waals surface area contributed by atoms with Crippen LogP contribution in [0.2, 0.25) is 0 Å². The van der Waals surface area contributed by atoms with E-state index in [9.17, 15) is 53.1 Å². The standard InChI is InChI=1S/C33H43F3N2O8/c1-31(2,3)10-8-9-15-13-19(37(4)5)17-11-16-12-18-25(38(6)7)28(43)24(20(39)14-21(40)33(34,35)36)30(45)32(18,46)29(44)22(16)27(42)23(17)26(15)41/h13,16,18,21,25,40-42,45-46H,8-12,14H2,1-7H3/t16-,18-,21?,25-,32-/m0/s1. The molecule has 0 aliphatic heterocycles. The summed E-state index contributed by atoms with van der Waals surface area (Å²) in [5, 5.41) is 55.8. The van der Waals surface area contributed by atoms with Crippen LogP contribution in [0.4, 0.5) is 18.9 Å². The second-order valence-corrected chi connectivity index (χ2v) is 14.3. The molecule has 3 aliphatic carbocycles. The molecule has 5 N–H and O–H groups in total. The van der Waals surface area contributed by atoms with Crippen LogP contribution in [-0.4, -0.2) is 99.9 Å². The molecule has 1 unspecified atom stereocenters. The van der Waals surface area contributed by atoms with Crippen molar-refractivity contribution in [3.63, 3.8) is 0 Å². The van der Waals surface area contributed by atoms with E-state index in [1.54, 1.807) is 14.1 Å². The number of hydrogen-bond acceptors (Lipinski definition) is 10. The van der Waals surface area contributed by atoms with Gasteiger partial charge in [0.15, 0.2) is 23.3 Å². The zero-order chi connectivity index (χ0) is 34.8. The molecule has 0 amide bonds. The highest BCUT2D eigenvalue weighted by atomic mass is 19.4. The average molecular weight is 653 g/mol. The maximum absolute atomic E-state index is 14.2. The lowest BCUT2D eigenvalue weighted by atomic mass is 9.57. The molecule has 4 rings (SSSR count). The number of rotatable bonds is 8. The summed E-state index contributed by atoms with van der Waals surface area (Å²) in [5.41, 5.74) is -2.67. The molecule has 0 radical (unpaired) electrons. The second-order valence-electron chi connectivity index (χ2n) is 14.3. The molecule has 5 atom stereocenters. The van der Waals surface area contributed by atoms with Crippen LogP contribution in [0.25, 0.3) is 5.76 Å². The second kappa shape index (κ2) is 12.0. The summed E-state index contributed by atoms with van der Waals surface area (Å²) in [6, 6.07) is 0.425. The first kappa shape index (κ1) is 35.4. The van der Waals surface area contributed by atoms with Crippen molar-refractivity contribution in [2.75, 3.05) is 33.1 Å². The Hall–Kier alpha value is -3.42. The maximum Gasteiger partial charge on any atom is 0.414 e. The predicted molar refractivity (Wildman–Crippen MR) is 163 cm³/mol. The van der Waals surface area contributed by atoms with Crippen molar-refractivity contribution in [3.05, 3.63) is 39.7 Å². The number of aryl methyl sites for hydroxylation is 1. The Bertz CT molecular complexity index is 1520. The average Bonchev–Trinajstić information content (AvgIpc) is 2.90. The molecular formula is C33H43F3N2O8. The number of aromatic hydroxyl groups is 1. The molecular weight excluding hydrogens is 609 g/mol. The van der Waals surface area contributed by atoms with Crippen molar-refractivity contribution in [2.24, 2.45) is 17.3 Å². The Morgan fingerprint density at radius 3 is 2.22 bits per heavy atom. The van der Waals surface area contributed by atoms with Gasteiger partial charge < -0.3 is 30.4 Å². The lowest BCUT2D eigenvalue weighted by molar-refractivity contribution is -0.205. The van der Waals surface area contributed by atoms with E-state index in [1.165, 1.54) is 19.0 Å². The number of aliphatic hydroxyl groups excluding tert-OH is 3. The number of carbonyl (C=O) groups excluding carboxylic acids is 3. The van der Waals surface area contributed by atoms with E-state index in [4.69, 9.17) is 0 Å². The van der Waals surface area contributed by atoms with Gasteiger partial charge in [-0.3, -0.25) is 19.3 Å². The minimum atomic E-state index is -5.21. The third-order valence-corrected chi connectivity index (χ3v) is 9.42. The molecule has 254 valence electrons. The van der Waals surface area contributed by atoms with Gasteiger partial charge in [0.2, 0.25) is 5.78 Å². The molecule has 1 fully saturated rings. The lowest BCUT2D eigenvalue weighted by Gasteiger charge is -2.50. The SMILES string of the molecule is CN(C)c1cc(CCCC(C)(C)C)c(O)c2c1C[C@H]1C[C@H]3[C@H](N(C)C)C(=O)C(C(=O)CC(O)C(F)(F)F)=C(O)[C@@]3(O)C(=O)C1=C2O. The summed E-state index contributed by atoms with van der Waals surface area (Å²) in [6.07, 6.45) is -7.95. The van der Waals surface area contributed by atoms with E-state index in [0.717, 1.165) is 12.8 Å². The Labute approximate surface area is 265 Å². The number of alkyl halides is 3.